The minimum atomic E-state index is -0.668. The van der Waals surface area contributed by atoms with Gasteiger partial charge < -0.3 is 24.0 Å². The first-order chi connectivity index (χ1) is 16.2. The number of carbonyl (C=O) groups excluding carboxylic acids is 2. The molecule has 0 unspecified atom stereocenters. The third kappa shape index (κ3) is 4.78. The van der Waals surface area contributed by atoms with Gasteiger partial charge in [0.2, 0.25) is 6.10 Å². The molecule has 33 heavy (non-hydrogen) atoms. The molecule has 1 fully saturated rings. The molecular weight excluding hydrogens is 442 g/mol. The molecular formula is C24H23N3O5S. The lowest BCUT2D eigenvalue weighted by atomic mass is 10.1. The summed E-state index contributed by atoms with van der Waals surface area (Å²) in [5, 5.41) is 1.94. The number of hydrogen-bond acceptors (Lipinski definition) is 7. The number of amides is 2. The van der Waals surface area contributed by atoms with Gasteiger partial charge in [-0.15, -0.1) is 11.3 Å². The van der Waals surface area contributed by atoms with Gasteiger partial charge in [0, 0.05) is 37.1 Å². The number of fused-ring (bicyclic) bond motifs is 1. The lowest BCUT2D eigenvalue weighted by molar-refractivity contribution is -0.142. The van der Waals surface area contributed by atoms with E-state index in [2.05, 4.69) is 4.98 Å². The van der Waals surface area contributed by atoms with E-state index in [-0.39, 0.29) is 18.4 Å². The van der Waals surface area contributed by atoms with Crippen LogP contribution < -0.4 is 14.2 Å². The van der Waals surface area contributed by atoms with Crippen LogP contribution in [0.25, 0.3) is 0 Å². The van der Waals surface area contributed by atoms with Crippen LogP contribution in [-0.4, -0.2) is 65.5 Å². The molecule has 9 heteroatoms. The number of benzene rings is 2. The first kappa shape index (κ1) is 21.3. The number of rotatable bonds is 5. The molecule has 0 aliphatic carbocycles. The Balaban J connectivity index is 1.12. The summed E-state index contributed by atoms with van der Waals surface area (Å²) in [6.45, 7) is 2.44. The average molecular weight is 466 g/mol. The maximum Gasteiger partial charge on any atom is 0.267 e. The highest BCUT2D eigenvalue weighted by Gasteiger charge is 2.33. The van der Waals surface area contributed by atoms with Crippen LogP contribution in [0.5, 0.6) is 17.2 Å². The van der Waals surface area contributed by atoms with Gasteiger partial charge in [0.1, 0.15) is 19.0 Å². The molecule has 2 amide bonds. The number of hydrogen-bond donors (Lipinski definition) is 0. The molecule has 0 spiro atoms. The number of piperazine rings is 1. The van der Waals surface area contributed by atoms with Crippen molar-refractivity contribution >= 4 is 23.2 Å². The van der Waals surface area contributed by atoms with Crippen LogP contribution in [0.3, 0.4) is 0 Å². The fourth-order valence-electron chi connectivity index (χ4n) is 3.82. The molecule has 5 rings (SSSR count). The van der Waals surface area contributed by atoms with E-state index < -0.39 is 6.10 Å². The molecule has 2 aliphatic rings. The maximum atomic E-state index is 12.9. The van der Waals surface area contributed by atoms with Crippen LogP contribution in [-0.2, 0) is 11.4 Å². The molecule has 170 valence electrons. The van der Waals surface area contributed by atoms with Crippen molar-refractivity contribution in [2.45, 2.75) is 12.7 Å². The quantitative estimate of drug-likeness (QED) is 0.577. The fourth-order valence-corrected chi connectivity index (χ4v) is 4.36. The number of ether oxygens (including phenoxy) is 3. The highest BCUT2D eigenvalue weighted by atomic mass is 32.1. The van der Waals surface area contributed by atoms with Gasteiger partial charge in [0.15, 0.2) is 11.5 Å². The van der Waals surface area contributed by atoms with Gasteiger partial charge in [-0.25, -0.2) is 4.98 Å². The Morgan fingerprint density at radius 1 is 1.00 bits per heavy atom. The lowest BCUT2D eigenvalue weighted by Gasteiger charge is -2.37. The van der Waals surface area contributed by atoms with Crippen molar-refractivity contribution in [1.82, 2.24) is 14.8 Å². The number of aromatic nitrogens is 1. The minimum Gasteiger partial charge on any atom is -0.487 e. The van der Waals surface area contributed by atoms with Crippen LogP contribution in [0.4, 0.5) is 0 Å². The Bertz CT molecular complexity index is 1110. The molecule has 0 radical (unpaired) electrons. The molecule has 1 saturated heterocycles. The summed E-state index contributed by atoms with van der Waals surface area (Å²) in [5.41, 5.74) is 3.24. The van der Waals surface area contributed by atoms with E-state index in [0.29, 0.717) is 55.6 Å². The number of para-hydroxylation sites is 2. The first-order valence-corrected chi connectivity index (χ1v) is 11.7. The third-order valence-corrected chi connectivity index (χ3v) is 6.27. The van der Waals surface area contributed by atoms with E-state index >= 15 is 0 Å². The Morgan fingerprint density at radius 2 is 1.73 bits per heavy atom. The minimum absolute atomic E-state index is 0.0562. The zero-order valence-electron chi connectivity index (χ0n) is 17.9. The van der Waals surface area contributed by atoms with E-state index in [0.717, 1.165) is 5.69 Å². The molecule has 0 bridgehead atoms. The van der Waals surface area contributed by atoms with Gasteiger partial charge in [0.05, 0.1) is 11.2 Å². The normalized spacial score (nSPS) is 17.5. The summed E-state index contributed by atoms with van der Waals surface area (Å²) in [4.78, 5) is 33.5. The van der Waals surface area contributed by atoms with Crippen molar-refractivity contribution in [3.8, 4) is 17.2 Å². The largest absolute Gasteiger partial charge is 0.487 e. The summed E-state index contributed by atoms with van der Waals surface area (Å²) < 4.78 is 17.2. The predicted molar refractivity (Wildman–Crippen MR) is 122 cm³/mol. The molecule has 3 heterocycles. The van der Waals surface area contributed by atoms with E-state index in [1.807, 2.05) is 23.6 Å². The van der Waals surface area contributed by atoms with Gasteiger partial charge >= 0.3 is 0 Å². The van der Waals surface area contributed by atoms with E-state index in [1.54, 1.807) is 45.6 Å². The molecule has 3 aromatic rings. The van der Waals surface area contributed by atoms with Gasteiger partial charge in [-0.1, -0.05) is 12.1 Å². The second kappa shape index (κ2) is 9.50. The zero-order valence-corrected chi connectivity index (χ0v) is 18.7. The Morgan fingerprint density at radius 3 is 2.45 bits per heavy atom. The first-order valence-electron chi connectivity index (χ1n) is 10.7. The number of carbonyl (C=O) groups is 2. The van der Waals surface area contributed by atoms with Crippen molar-refractivity contribution < 1.29 is 23.8 Å². The van der Waals surface area contributed by atoms with Gasteiger partial charge in [-0.3, -0.25) is 9.59 Å². The fraction of sp³-hybridized carbons (Fsp3) is 0.292. The van der Waals surface area contributed by atoms with Crippen LogP contribution >= 0.6 is 11.3 Å². The van der Waals surface area contributed by atoms with Gasteiger partial charge in [-0.05, 0) is 36.4 Å². The monoisotopic (exact) mass is 465 g/mol. The van der Waals surface area contributed by atoms with Crippen LogP contribution in [0, 0.1) is 0 Å². The topological polar surface area (TPSA) is 81.2 Å². The number of nitrogens with zero attached hydrogens (tertiary/aromatic N) is 3. The Hall–Kier alpha value is -3.59. The molecule has 0 saturated carbocycles. The van der Waals surface area contributed by atoms with E-state index in [1.165, 1.54) is 11.3 Å². The zero-order chi connectivity index (χ0) is 22.6. The summed E-state index contributed by atoms with van der Waals surface area (Å²) in [5.74, 6) is 1.75. The van der Waals surface area contributed by atoms with Crippen molar-refractivity contribution in [3.05, 3.63) is 70.7 Å². The second-order valence-corrected chi connectivity index (χ2v) is 8.49. The maximum absolute atomic E-state index is 12.9. The number of thiazole rings is 1. The molecule has 1 aromatic heterocycles. The van der Waals surface area contributed by atoms with Crippen molar-refractivity contribution in [2.75, 3.05) is 32.8 Å². The average Bonchev–Trinajstić information content (AvgIpc) is 3.40. The van der Waals surface area contributed by atoms with E-state index in [9.17, 15) is 9.59 Å². The van der Waals surface area contributed by atoms with Crippen LogP contribution in [0.1, 0.15) is 16.1 Å². The smallest absolute Gasteiger partial charge is 0.267 e. The van der Waals surface area contributed by atoms with Crippen molar-refractivity contribution in [1.29, 1.82) is 0 Å². The highest BCUT2D eigenvalue weighted by Crippen LogP contribution is 2.31. The van der Waals surface area contributed by atoms with Gasteiger partial charge in [-0.2, -0.15) is 0 Å². The summed E-state index contributed by atoms with van der Waals surface area (Å²) >= 11 is 1.53. The molecule has 0 N–H and O–H groups in total. The molecule has 2 aliphatic heterocycles. The summed E-state index contributed by atoms with van der Waals surface area (Å²) in [7, 11) is 0. The second-order valence-electron chi connectivity index (χ2n) is 7.77. The molecule has 8 nitrogen and oxygen atoms in total. The summed E-state index contributed by atoms with van der Waals surface area (Å²) in [6.07, 6.45) is -0.668. The molecule has 2 aromatic carbocycles. The third-order valence-electron chi connectivity index (χ3n) is 5.63. The van der Waals surface area contributed by atoms with Crippen molar-refractivity contribution in [3.63, 3.8) is 0 Å². The SMILES string of the molecule is O=C(c1ccc(OCc2cscn2)cc1)N1CCN(C(=O)[C@H]2COc3ccccc3O2)CC1. The standard InChI is InChI=1S/C24H23N3O5S/c28-23(17-5-7-19(8-6-17)30-13-18-15-33-16-25-18)26-9-11-27(12-10-26)24(29)22-14-31-20-3-1-2-4-21(20)32-22/h1-8,15-16,22H,9-14H2/t22-/m1/s1. The lowest BCUT2D eigenvalue weighted by Crippen LogP contribution is -2.55. The Kier molecular flexibility index (Phi) is 6.12. The Labute approximate surface area is 195 Å². The van der Waals surface area contributed by atoms with Gasteiger partial charge in [0.25, 0.3) is 11.8 Å². The highest BCUT2D eigenvalue weighted by molar-refractivity contribution is 7.07. The molecule has 1 atom stereocenters. The van der Waals surface area contributed by atoms with Crippen LogP contribution in [0.15, 0.2) is 59.4 Å². The van der Waals surface area contributed by atoms with Crippen molar-refractivity contribution in [2.24, 2.45) is 0 Å². The van der Waals surface area contributed by atoms with E-state index in [4.69, 9.17) is 14.2 Å². The predicted octanol–water partition coefficient (Wildman–Crippen LogP) is 2.85. The summed E-state index contributed by atoms with van der Waals surface area (Å²) in [6, 6.07) is 14.4. The van der Waals surface area contributed by atoms with Crippen LogP contribution in [0.2, 0.25) is 0 Å².